The van der Waals surface area contributed by atoms with Crippen molar-refractivity contribution in [3.05, 3.63) is 21.7 Å². The van der Waals surface area contributed by atoms with E-state index in [1.807, 2.05) is 32.0 Å². The monoisotopic (exact) mass is 218 g/mol. The molecule has 0 saturated carbocycles. The molecule has 1 rings (SSSR count). The molecule has 0 aliphatic rings. The molecular formula is C9H12Cl2N2. The van der Waals surface area contributed by atoms with Crippen LogP contribution in [-0.4, -0.2) is 14.1 Å². The minimum atomic E-state index is 0.427. The normalized spacial score (nSPS) is 10.2. The van der Waals surface area contributed by atoms with Gasteiger partial charge >= 0.3 is 0 Å². The molecule has 1 aromatic rings. The van der Waals surface area contributed by atoms with E-state index in [4.69, 9.17) is 28.9 Å². The molecule has 0 bridgehead atoms. The van der Waals surface area contributed by atoms with Crippen LogP contribution in [0.4, 0.5) is 11.4 Å². The molecule has 0 radical (unpaired) electrons. The average Bonchev–Trinajstić information content (AvgIpc) is 1.99. The van der Waals surface area contributed by atoms with Gasteiger partial charge in [0, 0.05) is 14.1 Å². The highest BCUT2D eigenvalue weighted by Gasteiger charge is 2.12. The summed E-state index contributed by atoms with van der Waals surface area (Å²) < 4.78 is 0. The number of hydrogen-bond acceptors (Lipinski definition) is 2. The quantitative estimate of drug-likeness (QED) is 0.735. The number of anilines is 2. The number of nitrogens with zero attached hydrogens (tertiary/aromatic N) is 1. The van der Waals surface area contributed by atoms with Gasteiger partial charge in [0.05, 0.1) is 21.4 Å². The molecule has 0 amide bonds. The zero-order chi connectivity index (χ0) is 10.2. The summed E-state index contributed by atoms with van der Waals surface area (Å²) in [4.78, 5) is 1.92. The van der Waals surface area contributed by atoms with Gasteiger partial charge in [-0.1, -0.05) is 23.2 Å². The molecule has 0 atom stereocenters. The second-order valence-electron chi connectivity index (χ2n) is 3.15. The van der Waals surface area contributed by atoms with E-state index < -0.39 is 0 Å². The molecule has 72 valence electrons. The Hall–Kier alpha value is -0.600. The first-order chi connectivity index (χ1) is 5.95. The lowest BCUT2D eigenvalue weighted by atomic mass is 10.1. The molecule has 2 N–H and O–H groups in total. The van der Waals surface area contributed by atoms with E-state index in [1.54, 1.807) is 0 Å². The first kappa shape index (κ1) is 10.5. The van der Waals surface area contributed by atoms with Gasteiger partial charge in [-0.05, 0) is 18.6 Å². The second kappa shape index (κ2) is 3.64. The Morgan fingerprint density at radius 2 is 1.85 bits per heavy atom. The Kier molecular flexibility index (Phi) is 2.94. The topological polar surface area (TPSA) is 29.3 Å². The van der Waals surface area contributed by atoms with Crippen LogP contribution in [0.25, 0.3) is 0 Å². The number of halogens is 2. The number of nitrogens with two attached hydrogens (primary N) is 1. The van der Waals surface area contributed by atoms with Crippen molar-refractivity contribution >= 4 is 34.6 Å². The van der Waals surface area contributed by atoms with E-state index in [2.05, 4.69) is 0 Å². The molecule has 0 unspecified atom stereocenters. The average molecular weight is 219 g/mol. The highest BCUT2D eigenvalue weighted by molar-refractivity contribution is 6.44. The van der Waals surface area contributed by atoms with E-state index in [-0.39, 0.29) is 0 Å². The Morgan fingerprint density at radius 3 is 2.31 bits per heavy atom. The van der Waals surface area contributed by atoms with E-state index in [0.717, 1.165) is 11.3 Å². The summed E-state index contributed by atoms with van der Waals surface area (Å²) in [7, 11) is 3.84. The summed E-state index contributed by atoms with van der Waals surface area (Å²) in [6.07, 6.45) is 0. The van der Waals surface area contributed by atoms with Crippen molar-refractivity contribution in [1.29, 1.82) is 0 Å². The summed E-state index contributed by atoms with van der Waals surface area (Å²) >= 11 is 11.8. The third-order valence-electron chi connectivity index (χ3n) is 1.87. The van der Waals surface area contributed by atoms with Gasteiger partial charge in [0.1, 0.15) is 0 Å². The standard InChI is InChI=1S/C9H12Cl2N2/c1-5-4-6(10)7(11)8(12)9(5)13(2)3/h4H,12H2,1-3H3. The molecule has 1 aromatic carbocycles. The van der Waals surface area contributed by atoms with E-state index >= 15 is 0 Å². The lowest BCUT2D eigenvalue weighted by Crippen LogP contribution is -2.13. The van der Waals surface area contributed by atoms with Crippen molar-refractivity contribution in [3.63, 3.8) is 0 Å². The molecule has 0 saturated heterocycles. The Morgan fingerprint density at radius 1 is 1.31 bits per heavy atom. The molecule has 2 nitrogen and oxygen atoms in total. The zero-order valence-electron chi connectivity index (χ0n) is 7.86. The lowest BCUT2D eigenvalue weighted by Gasteiger charge is -2.19. The molecular weight excluding hydrogens is 207 g/mol. The van der Waals surface area contributed by atoms with Crippen LogP contribution in [0.1, 0.15) is 5.56 Å². The minimum absolute atomic E-state index is 0.427. The second-order valence-corrected chi connectivity index (χ2v) is 3.93. The van der Waals surface area contributed by atoms with Crippen LogP contribution in [0.5, 0.6) is 0 Å². The first-order valence-corrected chi connectivity index (χ1v) is 4.62. The summed E-state index contributed by atoms with van der Waals surface area (Å²) in [5, 5.41) is 0.929. The molecule has 0 spiro atoms. The molecule has 4 heteroatoms. The summed E-state index contributed by atoms with van der Waals surface area (Å²) in [5.74, 6) is 0. The van der Waals surface area contributed by atoms with Gasteiger partial charge in [-0.15, -0.1) is 0 Å². The van der Waals surface area contributed by atoms with Crippen LogP contribution < -0.4 is 10.6 Å². The lowest BCUT2D eigenvalue weighted by molar-refractivity contribution is 1.12. The smallest absolute Gasteiger partial charge is 0.0843 e. The number of hydrogen-bond donors (Lipinski definition) is 1. The van der Waals surface area contributed by atoms with Gasteiger partial charge < -0.3 is 10.6 Å². The first-order valence-electron chi connectivity index (χ1n) is 3.86. The summed E-state index contributed by atoms with van der Waals surface area (Å²) in [6, 6.07) is 1.82. The van der Waals surface area contributed by atoms with Crippen LogP contribution in [-0.2, 0) is 0 Å². The summed E-state index contributed by atoms with van der Waals surface area (Å²) in [6.45, 7) is 1.95. The van der Waals surface area contributed by atoms with Gasteiger partial charge in [0.2, 0.25) is 0 Å². The van der Waals surface area contributed by atoms with Crippen LogP contribution in [0, 0.1) is 6.92 Å². The van der Waals surface area contributed by atoms with Gasteiger partial charge in [0.15, 0.2) is 0 Å². The van der Waals surface area contributed by atoms with Crippen LogP contribution >= 0.6 is 23.2 Å². The SMILES string of the molecule is Cc1cc(Cl)c(Cl)c(N)c1N(C)C. The Balaban J connectivity index is 3.44. The maximum Gasteiger partial charge on any atom is 0.0843 e. The highest BCUT2D eigenvalue weighted by Crippen LogP contribution is 2.37. The Labute approximate surface area is 88.2 Å². The van der Waals surface area contributed by atoms with Crippen molar-refractivity contribution in [2.75, 3.05) is 24.7 Å². The van der Waals surface area contributed by atoms with Crippen LogP contribution in [0.2, 0.25) is 10.0 Å². The fourth-order valence-corrected chi connectivity index (χ4v) is 1.77. The fourth-order valence-electron chi connectivity index (χ4n) is 1.36. The van der Waals surface area contributed by atoms with Crippen LogP contribution in [0.15, 0.2) is 6.07 Å². The molecule has 0 fully saturated rings. The van der Waals surface area contributed by atoms with E-state index in [1.165, 1.54) is 0 Å². The van der Waals surface area contributed by atoms with E-state index in [9.17, 15) is 0 Å². The fraction of sp³-hybridized carbons (Fsp3) is 0.333. The molecule has 0 aliphatic carbocycles. The molecule has 0 heterocycles. The number of benzene rings is 1. The van der Waals surface area contributed by atoms with Gasteiger partial charge in [-0.3, -0.25) is 0 Å². The van der Waals surface area contributed by atoms with Crippen molar-refractivity contribution in [1.82, 2.24) is 0 Å². The van der Waals surface area contributed by atoms with Crippen LogP contribution in [0.3, 0.4) is 0 Å². The predicted molar refractivity (Wildman–Crippen MR) is 59.9 cm³/mol. The number of rotatable bonds is 1. The van der Waals surface area contributed by atoms with Crippen molar-refractivity contribution < 1.29 is 0 Å². The zero-order valence-corrected chi connectivity index (χ0v) is 9.37. The van der Waals surface area contributed by atoms with Gasteiger partial charge in [0.25, 0.3) is 0 Å². The van der Waals surface area contributed by atoms with Gasteiger partial charge in [-0.25, -0.2) is 0 Å². The predicted octanol–water partition coefficient (Wildman–Crippen LogP) is 2.95. The maximum absolute atomic E-state index is 5.92. The molecule has 0 aliphatic heterocycles. The number of aryl methyl sites for hydroxylation is 1. The molecule has 13 heavy (non-hydrogen) atoms. The van der Waals surface area contributed by atoms with Crippen molar-refractivity contribution in [2.45, 2.75) is 6.92 Å². The van der Waals surface area contributed by atoms with E-state index in [0.29, 0.717) is 15.7 Å². The largest absolute Gasteiger partial charge is 0.396 e. The van der Waals surface area contributed by atoms with Gasteiger partial charge in [-0.2, -0.15) is 0 Å². The Bertz CT molecular complexity index is 335. The summed E-state index contributed by atoms with van der Waals surface area (Å²) in [5.41, 5.74) is 8.32. The molecule has 0 aromatic heterocycles. The van der Waals surface area contributed by atoms with Crippen molar-refractivity contribution in [3.8, 4) is 0 Å². The third-order valence-corrected chi connectivity index (χ3v) is 2.67. The number of nitrogen functional groups attached to an aromatic ring is 1. The van der Waals surface area contributed by atoms with Crippen molar-refractivity contribution in [2.24, 2.45) is 0 Å². The maximum atomic E-state index is 5.92. The minimum Gasteiger partial charge on any atom is -0.396 e. The third kappa shape index (κ3) is 1.84. The highest BCUT2D eigenvalue weighted by atomic mass is 35.5.